The Balaban J connectivity index is 2.49. The van der Waals surface area contributed by atoms with Gasteiger partial charge in [0.15, 0.2) is 0 Å². The first kappa shape index (κ1) is 15.0. The van der Waals surface area contributed by atoms with E-state index < -0.39 is 0 Å². The van der Waals surface area contributed by atoms with E-state index in [0.717, 1.165) is 32.0 Å². The molecular formula is C15H26N2O. The second-order valence-electron chi connectivity index (χ2n) is 4.73. The molecule has 0 bridgehead atoms. The summed E-state index contributed by atoms with van der Waals surface area (Å²) >= 11 is 0. The molecule has 0 heterocycles. The summed E-state index contributed by atoms with van der Waals surface area (Å²) in [5, 5.41) is 3.17. The van der Waals surface area contributed by atoms with Crippen molar-refractivity contribution in [2.45, 2.75) is 26.8 Å². The highest BCUT2D eigenvalue weighted by molar-refractivity contribution is 5.36. The van der Waals surface area contributed by atoms with Crippen LogP contribution in [0.2, 0.25) is 0 Å². The zero-order valence-electron chi connectivity index (χ0n) is 12.1. The summed E-state index contributed by atoms with van der Waals surface area (Å²) < 4.78 is 5.55. The Labute approximate surface area is 111 Å². The van der Waals surface area contributed by atoms with Gasteiger partial charge in [-0.05, 0) is 64.6 Å². The maximum atomic E-state index is 5.55. The highest BCUT2D eigenvalue weighted by atomic mass is 16.5. The van der Waals surface area contributed by atoms with Gasteiger partial charge in [0.1, 0.15) is 5.75 Å². The Morgan fingerprint density at radius 3 is 2.72 bits per heavy atom. The van der Waals surface area contributed by atoms with Crippen molar-refractivity contribution in [3.05, 3.63) is 29.3 Å². The van der Waals surface area contributed by atoms with E-state index in [9.17, 15) is 0 Å². The first-order chi connectivity index (χ1) is 8.67. The van der Waals surface area contributed by atoms with Crippen LogP contribution in [0.5, 0.6) is 5.75 Å². The van der Waals surface area contributed by atoms with Crippen molar-refractivity contribution in [2.24, 2.45) is 0 Å². The van der Waals surface area contributed by atoms with Crippen molar-refractivity contribution < 1.29 is 4.74 Å². The first-order valence-corrected chi connectivity index (χ1v) is 6.72. The van der Waals surface area contributed by atoms with Crippen molar-refractivity contribution in [2.75, 3.05) is 33.8 Å². The molecular weight excluding hydrogens is 224 g/mol. The van der Waals surface area contributed by atoms with E-state index in [1.54, 1.807) is 0 Å². The van der Waals surface area contributed by atoms with Crippen LogP contribution in [-0.4, -0.2) is 38.7 Å². The second-order valence-corrected chi connectivity index (χ2v) is 4.73. The van der Waals surface area contributed by atoms with Gasteiger partial charge in [-0.3, -0.25) is 0 Å². The van der Waals surface area contributed by atoms with Crippen LogP contribution < -0.4 is 10.1 Å². The summed E-state index contributed by atoms with van der Waals surface area (Å²) in [6, 6.07) is 6.46. The predicted octanol–water partition coefficient (Wildman–Crippen LogP) is 2.44. The average molecular weight is 250 g/mol. The molecule has 1 aromatic rings. The molecule has 0 radical (unpaired) electrons. The van der Waals surface area contributed by atoms with Crippen molar-refractivity contribution in [1.82, 2.24) is 10.2 Å². The Morgan fingerprint density at radius 2 is 2.11 bits per heavy atom. The topological polar surface area (TPSA) is 24.5 Å². The molecule has 1 rings (SSSR count). The molecule has 3 nitrogen and oxygen atoms in total. The highest BCUT2D eigenvalue weighted by Gasteiger charge is 2.03. The van der Waals surface area contributed by atoms with E-state index in [2.05, 4.69) is 42.4 Å². The minimum Gasteiger partial charge on any atom is -0.494 e. The molecule has 1 aromatic carbocycles. The third-order valence-electron chi connectivity index (χ3n) is 2.96. The standard InChI is InChI=1S/C15H26N2O/c1-5-18-15-8-7-14(11-13(15)2)12-17(4)10-6-9-16-3/h7-8,11,16H,5-6,9-10,12H2,1-4H3. The summed E-state index contributed by atoms with van der Waals surface area (Å²) in [4.78, 5) is 2.35. The van der Waals surface area contributed by atoms with Crippen LogP contribution in [0, 0.1) is 6.92 Å². The van der Waals surface area contributed by atoms with Gasteiger partial charge in [-0.2, -0.15) is 0 Å². The van der Waals surface area contributed by atoms with Gasteiger partial charge in [0.05, 0.1) is 6.61 Å². The molecule has 0 fully saturated rings. The molecule has 0 unspecified atom stereocenters. The fourth-order valence-corrected chi connectivity index (χ4v) is 2.04. The summed E-state index contributed by atoms with van der Waals surface area (Å²) in [5.41, 5.74) is 2.57. The first-order valence-electron chi connectivity index (χ1n) is 6.72. The number of benzene rings is 1. The van der Waals surface area contributed by atoms with Gasteiger partial charge < -0.3 is 15.0 Å². The molecule has 0 aliphatic rings. The number of rotatable bonds is 8. The summed E-state index contributed by atoms with van der Waals surface area (Å²) in [7, 11) is 4.16. The lowest BCUT2D eigenvalue weighted by atomic mass is 10.1. The zero-order chi connectivity index (χ0) is 13.4. The number of nitrogens with one attached hydrogen (secondary N) is 1. The van der Waals surface area contributed by atoms with Crippen LogP contribution >= 0.6 is 0 Å². The molecule has 0 saturated carbocycles. The minimum absolute atomic E-state index is 0.726. The Morgan fingerprint density at radius 1 is 1.33 bits per heavy atom. The van der Waals surface area contributed by atoms with Crippen LogP contribution in [0.1, 0.15) is 24.5 Å². The Kier molecular flexibility index (Phi) is 6.76. The van der Waals surface area contributed by atoms with E-state index >= 15 is 0 Å². The van der Waals surface area contributed by atoms with E-state index in [1.807, 2.05) is 14.0 Å². The normalized spacial score (nSPS) is 10.9. The summed E-state index contributed by atoms with van der Waals surface area (Å²) in [6.45, 7) is 8.04. The van der Waals surface area contributed by atoms with Gasteiger partial charge in [-0.1, -0.05) is 12.1 Å². The van der Waals surface area contributed by atoms with Gasteiger partial charge in [-0.25, -0.2) is 0 Å². The van der Waals surface area contributed by atoms with Crippen molar-refractivity contribution in [1.29, 1.82) is 0 Å². The molecule has 3 heteroatoms. The molecule has 0 aromatic heterocycles. The monoisotopic (exact) mass is 250 g/mol. The summed E-state index contributed by atoms with van der Waals surface area (Å²) in [6.07, 6.45) is 1.18. The second kappa shape index (κ2) is 8.11. The molecule has 102 valence electrons. The summed E-state index contributed by atoms with van der Waals surface area (Å²) in [5.74, 6) is 0.999. The predicted molar refractivity (Wildman–Crippen MR) is 77.2 cm³/mol. The lowest BCUT2D eigenvalue weighted by Gasteiger charge is -2.17. The third-order valence-corrected chi connectivity index (χ3v) is 2.96. The zero-order valence-corrected chi connectivity index (χ0v) is 12.1. The van der Waals surface area contributed by atoms with Crippen LogP contribution in [0.3, 0.4) is 0 Å². The molecule has 0 aliphatic heterocycles. The lowest BCUT2D eigenvalue weighted by molar-refractivity contribution is 0.319. The SMILES string of the molecule is CCOc1ccc(CN(C)CCCNC)cc1C. The molecule has 18 heavy (non-hydrogen) atoms. The van der Waals surface area contributed by atoms with E-state index in [-0.39, 0.29) is 0 Å². The maximum absolute atomic E-state index is 5.55. The lowest BCUT2D eigenvalue weighted by Crippen LogP contribution is -2.22. The Hall–Kier alpha value is -1.06. The molecule has 0 spiro atoms. The van der Waals surface area contributed by atoms with Gasteiger partial charge in [0.2, 0.25) is 0 Å². The fraction of sp³-hybridized carbons (Fsp3) is 0.600. The van der Waals surface area contributed by atoms with Crippen molar-refractivity contribution in [3.8, 4) is 5.75 Å². The number of ether oxygens (including phenoxy) is 1. The van der Waals surface area contributed by atoms with E-state index in [1.165, 1.54) is 17.5 Å². The maximum Gasteiger partial charge on any atom is 0.122 e. The number of hydrogen-bond acceptors (Lipinski definition) is 3. The van der Waals surface area contributed by atoms with Crippen molar-refractivity contribution >= 4 is 0 Å². The molecule has 0 amide bonds. The number of aryl methyl sites for hydroxylation is 1. The minimum atomic E-state index is 0.726. The highest BCUT2D eigenvalue weighted by Crippen LogP contribution is 2.19. The van der Waals surface area contributed by atoms with Crippen molar-refractivity contribution in [3.63, 3.8) is 0 Å². The van der Waals surface area contributed by atoms with Crippen LogP contribution in [-0.2, 0) is 6.54 Å². The van der Waals surface area contributed by atoms with Gasteiger partial charge in [-0.15, -0.1) is 0 Å². The molecule has 0 saturated heterocycles. The van der Waals surface area contributed by atoms with Gasteiger partial charge in [0.25, 0.3) is 0 Å². The average Bonchev–Trinajstić information content (AvgIpc) is 2.33. The van der Waals surface area contributed by atoms with Gasteiger partial charge >= 0.3 is 0 Å². The van der Waals surface area contributed by atoms with Crippen LogP contribution in [0.25, 0.3) is 0 Å². The largest absolute Gasteiger partial charge is 0.494 e. The molecule has 0 atom stereocenters. The van der Waals surface area contributed by atoms with Crippen LogP contribution in [0.4, 0.5) is 0 Å². The molecule has 0 aliphatic carbocycles. The van der Waals surface area contributed by atoms with Crippen LogP contribution in [0.15, 0.2) is 18.2 Å². The third kappa shape index (κ3) is 5.07. The molecule has 1 N–H and O–H groups in total. The quantitative estimate of drug-likeness (QED) is 0.717. The fourth-order valence-electron chi connectivity index (χ4n) is 2.04. The Bertz CT molecular complexity index is 352. The van der Waals surface area contributed by atoms with E-state index in [4.69, 9.17) is 4.74 Å². The number of nitrogens with zero attached hydrogens (tertiary/aromatic N) is 1. The smallest absolute Gasteiger partial charge is 0.122 e. The number of hydrogen-bond donors (Lipinski definition) is 1. The van der Waals surface area contributed by atoms with E-state index in [0.29, 0.717) is 0 Å². The van der Waals surface area contributed by atoms with Gasteiger partial charge in [0, 0.05) is 6.54 Å².